The van der Waals surface area contributed by atoms with E-state index in [0.29, 0.717) is 25.8 Å². The number of benzene rings is 1. The number of carboxylic acids is 1. The van der Waals surface area contributed by atoms with Crippen molar-refractivity contribution in [3.8, 4) is 0 Å². The molecule has 130 valence electrons. The maximum atomic E-state index is 12.5. The van der Waals surface area contributed by atoms with Gasteiger partial charge >= 0.3 is 5.97 Å². The van der Waals surface area contributed by atoms with E-state index in [0.717, 1.165) is 28.7 Å². The lowest BCUT2D eigenvalue weighted by Crippen LogP contribution is -2.40. The molecule has 1 unspecified atom stereocenters. The molecule has 5 nitrogen and oxygen atoms in total. The van der Waals surface area contributed by atoms with Crippen molar-refractivity contribution in [1.82, 2.24) is 4.90 Å². The van der Waals surface area contributed by atoms with Crippen LogP contribution >= 0.6 is 0 Å². The molecule has 1 aromatic rings. The van der Waals surface area contributed by atoms with Crippen LogP contribution in [0, 0.1) is 20.8 Å². The van der Waals surface area contributed by atoms with Gasteiger partial charge in [-0.05, 0) is 51.2 Å². The number of rotatable bonds is 6. The number of carbonyl (C=O) groups excluding carboxylic acids is 2. The van der Waals surface area contributed by atoms with Gasteiger partial charge in [-0.3, -0.25) is 9.59 Å². The molecule has 1 aromatic carbocycles. The van der Waals surface area contributed by atoms with Crippen LogP contribution in [-0.4, -0.2) is 40.3 Å². The molecular weight excluding hydrogens is 306 g/mol. The van der Waals surface area contributed by atoms with E-state index in [2.05, 4.69) is 0 Å². The van der Waals surface area contributed by atoms with Crippen molar-refractivity contribution in [2.45, 2.75) is 58.9 Å². The van der Waals surface area contributed by atoms with Crippen LogP contribution in [-0.2, 0) is 9.59 Å². The lowest BCUT2D eigenvalue weighted by molar-refractivity contribution is -0.148. The van der Waals surface area contributed by atoms with Gasteiger partial charge < -0.3 is 10.0 Å². The van der Waals surface area contributed by atoms with E-state index in [1.807, 2.05) is 32.9 Å². The molecule has 1 heterocycles. The smallest absolute Gasteiger partial charge is 0.326 e. The third kappa shape index (κ3) is 4.02. The number of hydrogen-bond donors (Lipinski definition) is 1. The first kappa shape index (κ1) is 18.2. The summed E-state index contributed by atoms with van der Waals surface area (Å²) < 4.78 is 0. The van der Waals surface area contributed by atoms with Crippen LogP contribution < -0.4 is 0 Å². The highest BCUT2D eigenvalue weighted by Gasteiger charge is 2.33. The Balaban J connectivity index is 1.91. The van der Waals surface area contributed by atoms with Crippen LogP contribution in [0.2, 0.25) is 0 Å². The Morgan fingerprint density at radius 3 is 2.33 bits per heavy atom. The molecule has 5 heteroatoms. The third-order valence-electron chi connectivity index (χ3n) is 4.61. The second-order valence-electron chi connectivity index (χ2n) is 6.63. The van der Waals surface area contributed by atoms with Crippen LogP contribution in [0.1, 0.15) is 59.2 Å². The topological polar surface area (TPSA) is 74.7 Å². The molecule has 1 aliphatic rings. The van der Waals surface area contributed by atoms with Crippen molar-refractivity contribution in [2.75, 3.05) is 6.54 Å². The summed E-state index contributed by atoms with van der Waals surface area (Å²) in [5, 5.41) is 9.13. The number of aliphatic carboxylic acids is 1. The molecule has 1 N–H and O–H groups in total. The first-order valence-corrected chi connectivity index (χ1v) is 8.44. The highest BCUT2D eigenvalue weighted by molar-refractivity contribution is 5.99. The van der Waals surface area contributed by atoms with Gasteiger partial charge in [0.2, 0.25) is 5.91 Å². The summed E-state index contributed by atoms with van der Waals surface area (Å²) in [5.74, 6) is -1.05. The number of Topliss-reactive ketones (excluding diaryl/α,β-unsaturated/α-hetero) is 1. The molecule has 0 spiro atoms. The molecule has 1 amide bonds. The molecular formula is C19H25NO4. The van der Waals surface area contributed by atoms with Gasteiger partial charge in [-0.25, -0.2) is 4.79 Å². The molecule has 2 rings (SSSR count). The fourth-order valence-electron chi connectivity index (χ4n) is 3.61. The maximum Gasteiger partial charge on any atom is 0.326 e. The van der Waals surface area contributed by atoms with Crippen LogP contribution in [0.25, 0.3) is 0 Å². The molecule has 1 saturated heterocycles. The van der Waals surface area contributed by atoms with Crippen molar-refractivity contribution < 1.29 is 19.5 Å². The normalized spacial score (nSPS) is 17.1. The molecule has 0 bridgehead atoms. The lowest BCUT2D eigenvalue weighted by atomic mass is 9.94. The van der Waals surface area contributed by atoms with E-state index < -0.39 is 12.0 Å². The molecule has 0 aromatic heterocycles. The van der Waals surface area contributed by atoms with Crippen LogP contribution in [0.15, 0.2) is 12.1 Å². The maximum absolute atomic E-state index is 12.5. The monoisotopic (exact) mass is 331 g/mol. The van der Waals surface area contributed by atoms with Crippen molar-refractivity contribution in [2.24, 2.45) is 0 Å². The Morgan fingerprint density at radius 1 is 1.12 bits per heavy atom. The number of hydrogen-bond acceptors (Lipinski definition) is 3. The number of ketones is 1. The van der Waals surface area contributed by atoms with E-state index in [1.54, 1.807) is 0 Å². The minimum atomic E-state index is -0.942. The first-order chi connectivity index (χ1) is 11.3. The van der Waals surface area contributed by atoms with Gasteiger partial charge in [-0.2, -0.15) is 0 Å². The zero-order chi connectivity index (χ0) is 17.9. The zero-order valence-corrected chi connectivity index (χ0v) is 14.6. The van der Waals surface area contributed by atoms with Gasteiger partial charge in [0, 0.05) is 24.9 Å². The van der Waals surface area contributed by atoms with Crippen LogP contribution in [0.3, 0.4) is 0 Å². The second kappa shape index (κ2) is 7.60. The minimum Gasteiger partial charge on any atom is -0.480 e. The van der Waals surface area contributed by atoms with Gasteiger partial charge in [0.1, 0.15) is 6.04 Å². The van der Waals surface area contributed by atoms with E-state index in [1.165, 1.54) is 4.90 Å². The highest BCUT2D eigenvalue weighted by atomic mass is 16.4. The number of likely N-dealkylation sites (tertiary alicyclic amines) is 1. The summed E-state index contributed by atoms with van der Waals surface area (Å²) in [7, 11) is 0. The molecule has 1 aliphatic heterocycles. The number of nitrogens with zero attached hydrogens (tertiary/aromatic N) is 1. The number of carboxylic acid groups (broad SMARTS) is 1. The zero-order valence-electron chi connectivity index (χ0n) is 14.6. The molecule has 1 fully saturated rings. The predicted molar refractivity (Wildman–Crippen MR) is 91.2 cm³/mol. The molecule has 1 atom stereocenters. The highest BCUT2D eigenvalue weighted by Crippen LogP contribution is 2.21. The molecule has 0 saturated carbocycles. The Bertz CT molecular complexity index is 642. The number of amides is 1. The summed E-state index contributed by atoms with van der Waals surface area (Å²) in [6.07, 6.45) is 2.22. The van der Waals surface area contributed by atoms with Gasteiger partial charge in [-0.1, -0.05) is 17.7 Å². The van der Waals surface area contributed by atoms with E-state index >= 15 is 0 Å². The standard InChI is InChI=1S/C19H25NO4/c1-12-10-13(2)18(14(3)11-12)16(21)7-4-8-17(22)20-9-5-6-15(20)19(23)24/h10-11,15H,4-9H2,1-3H3,(H,23,24). The van der Waals surface area contributed by atoms with Crippen molar-refractivity contribution >= 4 is 17.7 Å². The fraction of sp³-hybridized carbons (Fsp3) is 0.526. The average molecular weight is 331 g/mol. The molecule has 0 aliphatic carbocycles. The Labute approximate surface area is 142 Å². The van der Waals surface area contributed by atoms with Gasteiger partial charge in [0.25, 0.3) is 0 Å². The van der Waals surface area contributed by atoms with E-state index in [-0.39, 0.29) is 18.1 Å². The Morgan fingerprint density at radius 2 is 1.75 bits per heavy atom. The Kier molecular flexibility index (Phi) is 5.75. The quantitative estimate of drug-likeness (QED) is 0.813. The first-order valence-electron chi connectivity index (χ1n) is 8.44. The largest absolute Gasteiger partial charge is 0.480 e. The Hall–Kier alpha value is -2.17. The van der Waals surface area contributed by atoms with Crippen molar-refractivity contribution in [1.29, 1.82) is 0 Å². The fourth-order valence-corrected chi connectivity index (χ4v) is 3.61. The van der Waals surface area contributed by atoms with Crippen LogP contribution in [0.4, 0.5) is 0 Å². The third-order valence-corrected chi connectivity index (χ3v) is 4.61. The van der Waals surface area contributed by atoms with Crippen LogP contribution in [0.5, 0.6) is 0 Å². The summed E-state index contributed by atoms with van der Waals surface area (Å²) in [6.45, 7) is 6.36. The SMILES string of the molecule is Cc1cc(C)c(C(=O)CCCC(=O)N2CCCC2C(=O)O)c(C)c1. The van der Waals surface area contributed by atoms with E-state index in [9.17, 15) is 14.4 Å². The summed E-state index contributed by atoms with van der Waals surface area (Å²) >= 11 is 0. The second-order valence-corrected chi connectivity index (χ2v) is 6.63. The minimum absolute atomic E-state index is 0.0500. The summed E-state index contributed by atoms with van der Waals surface area (Å²) in [4.78, 5) is 37.2. The van der Waals surface area contributed by atoms with Gasteiger partial charge in [0.05, 0.1) is 0 Å². The summed E-state index contributed by atoms with van der Waals surface area (Å²) in [5.41, 5.74) is 3.81. The number of aryl methyl sites for hydroxylation is 3. The van der Waals surface area contributed by atoms with E-state index in [4.69, 9.17) is 5.11 Å². The van der Waals surface area contributed by atoms with Crippen molar-refractivity contribution in [3.05, 3.63) is 34.4 Å². The summed E-state index contributed by atoms with van der Waals surface area (Å²) in [6, 6.07) is 3.29. The average Bonchev–Trinajstić information content (AvgIpc) is 2.95. The molecule has 24 heavy (non-hydrogen) atoms. The molecule has 0 radical (unpaired) electrons. The van der Waals surface area contributed by atoms with Gasteiger partial charge in [0.15, 0.2) is 5.78 Å². The van der Waals surface area contributed by atoms with Crippen molar-refractivity contribution in [3.63, 3.8) is 0 Å². The lowest BCUT2D eigenvalue weighted by Gasteiger charge is -2.21. The predicted octanol–water partition coefficient (Wildman–Crippen LogP) is 3.04. The van der Waals surface area contributed by atoms with Gasteiger partial charge in [-0.15, -0.1) is 0 Å². The number of carbonyl (C=O) groups is 3.